The minimum Gasteiger partial charge on any atom is -0.353 e. The van der Waals surface area contributed by atoms with Crippen molar-refractivity contribution in [3.63, 3.8) is 0 Å². The van der Waals surface area contributed by atoms with E-state index in [0.29, 0.717) is 6.54 Å². The molecule has 0 aliphatic carbocycles. The second kappa shape index (κ2) is 7.62. The molecule has 0 saturated carbocycles. The Balaban J connectivity index is 1.74. The van der Waals surface area contributed by atoms with Gasteiger partial charge in [-0.15, -0.1) is 0 Å². The van der Waals surface area contributed by atoms with Gasteiger partial charge in [-0.1, -0.05) is 30.3 Å². The highest BCUT2D eigenvalue weighted by Gasteiger charge is 2.17. The number of nitrogens with one attached hydrogen (secondary N) is 2. The van der Waals surface area contributed by atoms with Crippen LogP contribution < -0.4 is 10.8 Å². The lowest BCUT2D eigenvalue weighted by Crippen LogP contribution is -2.36. The summed E-state index contributed by atoms with van der Waals surface area (Å²) < 4.78 is 0. The molecule has 0 atom stereocenters. The van der Waals surface area contributed by atoms with E-state index in [1.54, 1.807) is 5.48 Å². The largest absolute Gasteiger partial charge is 0.353 e. The van der Waals surface area contributed by atoms with E-state index >= 15 is 0 Å². The first-order valence-corrected chi connectivity index (χ1v) is 6.79. The highest BCUT2D eigenvalue weighted by molar-refractivity contribution is 5.99. The van der Waals surface area contributed by atoms with E-state index in [1.807, 2.05) is 18.2 Å². The fourth-order valence-corrected chi connectivity index (χ4v) is 2.16. The Hall–Kier alpha value is -1.92. The molecule has 3 N–H and O–H groups in total. The zero-order valence-corrected chi connectivity index (χ0v) is 11.4. The van der Waals surface area contributed by atoms with Crippen LogP contribution in [0.4, 0.5) is 0 Å². The van der Waals surface area contributed by atoms with Crippen molar-refractivity contribution in [1.29, 1.82) is 0 Å². The Morgan fingerprint density at radius 1 is 1.30 bits per heavy atom. The molecular formula is C14H20N4O2. The minimum absolute atomic E-state index is 0.274. The first-order valence-electron chi connectivity index (χ1n) is 6.79. The SMILES string of the molecule is O=C(CCNCCN1CCN=C1c1ccccc1)NO. The van der Waals surface area contributed by atoms with E-state index in [0.717, 1.165) is 37.6 Å². The third-order valence-corrected chi connectivity index (χ3v) is 3.18. The third kappa shape index (κ3) is 4.04. The Bertz CT molecular complexity index is 462. The summed E-state index contributed by atoms with van der Waals surface area (Å²) in [5.41, 5.74) is 2.76. The Kier molecular flexibility index (Phi) is 5.52. The molecule has 6 heteroatoms. The molecule has 0 unspecified atom stereocenters. The predicted octanol–water partition coefficient (Wildman–Crippen LogP) is 0.234. The van der Waals surface area contributed by atoms with Gasteiger partial charge in [0, 0.05) is 38.2 Å². The second-order valence-corrected chi connectivity index (χ2v) is 4.59. The van der Waals surface area contributed by atoms with E-state index in [4.69, 9.17) is 5.21 Å². The maximum absolute atomic E-state index is 10.8. The maximum atomic E-state index is 10.8. The van der Waals surface area contributed by atoms with Crippen molar-refractivity contribution in [1.82, 2.24) is 15.7 Å². The van der Waals surface area contributed by atoms with E-state index in [2.05, 4.69) is 27.3 Å². The molecule has 1 aromatic carbocycles. The maximum Gasteiger partial charge on any atom is 0.244 e. The zero-order valence-electron chi connectivity index (χ0n) is 11.4. The van der Waals surface area contributed by atoms with Crippen molar-refractivity contribution < 1.29 is 10.0 Å². The van der Waals surface area contributed by atoms with Gasteiger partial charge in [0.05, 0.1) is 6.54 Å². The van der Waals surface area contributed by atoms with Crippen molar-refractivity contribution in [3.05, 3.63) is 35.9 Å². The quantitative estimate of drug-likeness (QED) is 0.379. The fourth-order valence-electron chi connectivity index (χ4n) is 2.16. The number of hydroxylamine groups is 1. The number of rotatable bonds is 7. The smallest absolute Gasteiger partial charge is 0.244 e. The summed E-state index contributed by atoms with van der Waals surface area (Å²) in [6.45, 7) is 3.96. The average molecular weight is 276 g/mol. The molecule has 0 saturated heterocycles. The fraction of sp³-hybridized carbons (Fsp3) is 0.429. The van der Waals surface area contributed by atoms with Crippen LogP contribution in [-0.4, -0.2) is 54.6 Å². The number of amides is 1. The summed E-state index contributed by atoms with van der Waals surface area (Å²) in [4.78, 5) is 17.6. The number of amidine groups is 1. The highest BCUT2D eigenvalue weighted by atomic mass is 16.5. The van der Waals surface area contributed by atoms with Gasteiger partial charge >= 0.3 is 0 Å². The van der Waals surface area contributed by atoms with Gasteiger partial charge in [0.1, 0.15) is 5.84 Å². The molecule has 0 spiro atoms. The molecule has 1 heterocycles. The molecule has 6 nitrogen and oxygen atoms in total. The molecule has 1 aromatic rings. The van der Waals surface area contributed by atoms with Crippen LogP contribution in [0.15, 0.2) is 35.3 Å². The lowest BCUT2D eigenvalue weighted by molar-refractivity contribution is -0.129. The van der Waals surface area contributed by atoms with Crippen LogP contribution in [0.2, 0.25) is 0 Å². The number of nitrogens with zero attached hydrogens (tertiary/aromatic N) is 2. The monoisotopic (exact) mass is 276 g/mol. The predicted molar refractivity (Wildman–Crippen MR) is 76.8 cm³/mol. The molecule has 1 aliphatic heterocycles. The molecule has 0 radical (unpaired) electrons. The summed E-state index contributed by atoms with van der Waals surface area (Å²) in [6, 6.07) is 10.2. The van der Waals surface area contributed by atoms with Crippen LogP contribution in [0.3, 0.4) is 0 Å². The normalized spacial score (nSPS) is 14.2. The van der Waals surface area contributed by atoms with Crippen LogP contribution >= 0.6 is 0 Å². The van der Waals surface area contributed by atoms with Crippen LogP contribution in [0.25, 0.3) is 0 Å². The number of aliphatic imine (C=N–C) groups is 1. The van der Waals surface area contributed by atoms with E-state index in [-0.39, 0.29) is 12.3 Å². The summed E-state index contributed by atoms with van der Waals surface area (Å²) in [6.07, 6.45) is 0.274. The summed E-state index contributed by atoms with van der Waals surface area (Å²) >= 11 is 0. The molecule has 108 valence electrons. The van der Waals surface area contributed by atoms with Crippen LogP contribution in [-0.2, 0) is 4.79 Å². The summed E-state index contributed by atoms with van der Waals surface area (Å²) in [7, 11) is 0. The van der Waals surface area contributed by atoms with Gasteiger partial charge in [-0.2, -0.15) is 0 Å². The van der Waals surface area contributed by atoms with Crippen LogP contribution in [0.5, 0.6) is 0 Å². The molecule has 20 heavy (non-hydrogen) atoms. The van der Waals surface area contributed by atoms with Crippen molar-refractivity contribution in [2.24, 2.45) is 4.99 Å². The Labute approximate surface area is 118 Å². The summed E-state index contributed by atoms with van der Waals surface area (Å²) in [5.74, 6) is 0.672. The zero-order chi connectivity index (χ0) is 14.2. The van der Waals surface area contributed by atoms with Gasteiger partial charge in [0.25, 0.3) is 0 Å². The molecule has 2 rings (SSSR count). The van der Waals surface area contributed by atoms with Gasteiger partial charge in [-0.3, -0.25) is 15.0 Å². The van der Waals surface area contributed by atoms with Crippen LogP contribution in [0, 0.1) is 0 Å². The van der Waals surface area contributed by atoms with Gasteiger partial charge in [-0.05, 0) is 0 Å². The second-order valence-electron chi connectivity index (χ2n) is 4.59. The first kappa shape index (κ1) is 14.5. The Morgan fingerprint density at radius 2 is 2.10 bits per heavy atom. The third-order valence-electron chi connectivity index (χ3n) is 3.18. The molecule has 1 aliphatic rings. The van der Waals surface area contributed by atoms with Gasteiger partial charge in [-0.25, -0.2) is 5.48 Å². The minimum atomic E-state index is -0.370. The number of hydrogen-bond acceptors (Lipinski definition) is 5. The van der Waals surface area contributed by atoms with Crippen LogP contribution in [0.1, 0.15) is 12.0 Å². The molecule has 0 bridgehead atoms. The Morgan fingerprint density at radius 3 is 2.85 bits per heavy atom. The molecule has 1 amide bonds. The number of hydrogen-bond donors (Lipinski definition) is 3. The number of carbonyl (C=O) groups is 1. The highest BCUT2D eigenvalue weighted by Crippen LogP contribution is 2.10. The van der Waals surface area contributed by atoms with Crippen molar-refractivity contribution >= 4 is 11.7 Å². The molecule has 0 fully saturated rings. The topological polar surface area (TPSA) is 77.0 Å². The molecule has 0 aromatic heterocycles. The van der Waals surface area contributed by atoms with Gasteiger partial charge in [0.2, 0.25) is 5.91 Å². The molecular weight excluding hydrogens is 256 g/mol. The number of carbonyl (C=O) groups excluding carboxylic acids is 1. The van der Waals surface area contributed by atoms with Crippen molar-refractivity contribution in [3.8, 4) is 0 Å². The lowest BCUT2D eigenvalue weighted by atomic mass is 10.2. The van der Waals surface area contributed by atoms with E-state index in [1.165, 1.54) is 0 Å². The van der Waals surface area contributed by atoms with E-state index < -0.39 is 0 Å². The average Bonchev–Trinajstić information content (AvgIpc) is 2.96. The first-order chi connectivity index (χ1) is 9.81. The van der Waals surface area contributed by atoms with Gasteiger partial charge < -0.3 is 10.2 Å². The summed E-state index contributed by atoms with van der Waals surface area (Å²) in [5, 5.41) is 11.6. The van der Waals surface area contributed by atoms with Crippen molar-refractivity contribution in [2.75, 3.05) is 32.7 Å². The van der Waals surface area contributed by atoms with Crippen molar-refractivity contribution in [2.45, 2.75) is 6.42 Å². The van der Waals surface area contributed by atoms with E-state index in [9.17, 15) is 4.79 Å². The lowest BCUT2D eigenvalue weighted by Gasteiger charge is -2.20. The standard InChI is InChI=1S/C14H20N4O2/c19-13(17-20)6-7-15-8-10-18-11-9-16-14(18)12-4-2-1-3-5-12/h1-5,15,20H,6-11H2,(H,17,19). The number of benzene rings is 1. The van der Waals surface area contributed by atoms with Gasteiger partial charge in [0.15, 0.2) is 0 Å².